The minimum absolute atomic E-state index is 0.0153. The molecule has 0 atom stereocenters. The maximum Gasteiger partial charge on any atom is 0.175 e. The lowest BCUT2D eigenvalue weighted by Crippen LogP contribution is -2.21. The van der Waals surface area contributed by atoms with Gasteiger partial charge in [0.15, 0.2) is 9.84 Å². The molecule has 2 rings (SSSR count). The van der Waals surface area contributed by atoms with Gasteiger partial charge in [-0.1, -0.05) is 6.07 Å². The van der Waals surface area contributed by atoms with Crippen LogP contribution in [0.15, 0.2) is 23.1 Å². The van der Waals surface area contributed by atoms with Crippen LogP contribution >= 0.6 is 0 Å². The van der Waals surface area contributed by atoms with Crippen LogP contribution in [0.4, 0.5) is 4.39 Å². The van der Waals surface area contributed by atoms with Crippen molar-refractivity contribution < 1.29 is 12.8 Å². The molecule has 1 aliphatic carbocycles. The highest BCUT2D eigenvalue weighted by Crippen LogP contribution is 2.48. The molecule has 2 N–H and O–H groups in total. The fourth-order valence-corrected chi connectivity index (χ4v) is 2.52. The standard InChI is InChI=1S/C11H14FNO2S/c1-16(14,15)8-2-3-9(10(12)6-8)11(7-13)4-5-11/h2-3,6H,4-5,7,13H2,1H3. The third-order valence-corrected chi connectivity index (χ3v) is 4.29. The highest BCUT2D eigenvalue weighted by Gasteiger charge is 2.44. The van der Waals surface area contributed by atoms with Crippen molar-refractivity contribution in [2.75, 3.05) is 12.8 Å². The summed E-state index contributed by atoms with van der Waals surface area (Å²) in [5.74, 6) is -0.467. The van der Waals surface area contributed by atoms with Gasteiger partial charge in [-0.3, -0.25) is 0 Å². The molecule has 1 fully saturated rings. The summed E-state index contributed by atoms with van der Waals surface area (Å²) in [7, 11) is -3.35. The zero-order valence-corrected chi connectivity index (χ0v) is 9.85. The van der Waals surface area contributed by atoms with Gasteiger partial charge in [0.25, 0.3) is 0 Å². The second kappa shape index (κ2) is 3.53. The summed E-state index contributed by atoms with van der Waals surface area (Å²) in [4.78, 5) is 0.0153. The quantitative estimate of drug-likeness (QED) is 0.868. The van der Waals surface area contributed by atoms with Crippen LogP contribution in [-0.2, 0) is 15.3 Å². The summed E-state index contributed by atoms with van der Waals surface area (Å²) in [5.41, 5.74) is 5.90. The van der Waals surface area contributed by atoms with Gasteiger partial charge in [-0.25, -0.2) is 12.8 Å². The van der Waals surface area contributed by atoms with E-state index in [1.54, 1.807) is 6.07 Å². The molecule has 3 nitrogen and oxygen atoms in total. The number of rotatable bonds is 3. The van der Waals surface area contributed by atoms with Crippen LogP contribution in [-0.4, -0.2) is 21.2 Å². The highest BCUT2D eigenvalue weighted by molar-refractivity contribution is 7.90. The monoisotopic (exact) mass is 243 g/mol. The van der Waals surface area contributed by atoms with Gasteiger partial charge in [0, 0.05) is 18.2 Å². The summed E-state index contributed by atoms with van der Waals surface area (Å²) in [6, 6.07) is 4.08. The molecule has 16 heavy (non-hydrogen) atoms. The van der Waals surface area contributed by atoms with Crippen molar-refractivity contribution in [1.82, 2.24) is 0 Å². The van der Waals surface area contributed by atoms with Crippen LogP contribution in [0.2, 0.25) is 0 Å². The molecule has 0 heterocycles. The molecule has 88 valence electrons. The molecular weight excluding hydrogens is 229 g/mol. The van der Waals surface area contributed by atoms with Crippen molar-refractivity contribution in [3.63, 3.8) is 0 Å². The SMILES string of the molecule is CS(=O)(=O)c1ccc(C2(CN)CC2)c(F)c1. The molecule has 0 saturated heterocycles. The Kier molecular flexibility index (Phi) is 2.55. The van der Waals surface area contributed by atoms with Gasteiger partial charge in [-0.15, -0.1) is 0 Å². The Labute approximate surface area is 94.4 Å². The average molecular weight is 243 g/mol. The van der Waals surface area contributed by atoms with Gasteiger partial charge in [0.1, 0.15) is 5.82 Å². The van der Waals surface area contributed by atoms with Crippen molar-refractivity contribution in [1.29, 1.82) is 0 Å². The fraction of sp³-hybridized carbons (Fsp3) is 0.455. The summed E-state index contributed by atoms with van der Waals surface area (Å²) < 4.78 is 36.3. The molecule has 0 radical (unpaired) electrons. The Hall–Kier alpha value is -0.940. The first kappa shape index (κ1) is 11.5. The van der Waals surface area contributed by atoms with Crippen LogP contribution in [0.5, 0.6) is 0 Å². The molecule has 0 aromatic heterocycles. The van der Waals surface area contributed by atoms with Crippen molar-refractivity contribution in [3.8, 4) is 0 Å². The lowest BCUT2D eigenvalue weighted by Gasteiger charge is -2.14. The number of hydrogen-bond donors (Lipinski definition) is 1. The molecule has 1 saturated carbocycles. The largest absolute Gasteiger partial charge is 0.330 e. The van der Waals surface area contributed by atoms with Gasteiger partial charge in [0.2, 0.25) is 0 Å². The van der Waals surface area contributed by atoms with E-state index >= 15 is 0 Å². The normalized spacial score (nSPS) is 18.4. The smallest absolute Gasteiger partial charge is 0.175 e. The first-order chi connectivity index (χ1) is 7.39. The molecule has 0 unspecified atom stereocenters. The molecule has 0 amide bonds. The van der Waals surface area contributed by atoms with Gasteiger partial charge in [-0.05, 0) is 30.5 Å². The van der Waals surface area contributed by atoms with Gasteiger partial charge in [0.05, 0.1) is 4.90 Å². The predicted octanol–water partition coefficient (Wildman–Crippen LogP) is 1.22. The molecule has 0 bridgehead atoms. The second-order valence-electron chi connectivity index (χ2n) is 4.40. The van der Waals surface area contributed by atoms with Crippen LogP contribution in [0.3, 0.4) is 0 Å². The van der Waals surface area contributed by atoms with Crippen molar-refractivity contribution in [2.45, 2.75) is 23.2 Å². The molecule has 0 aliphatic heterocycles. The summed E-state index contributed by atoms with van der Waals surface area (Å²) in [6.07, 6.45) is 2.81. The summed E-state index contributed by atoms with van der Waals surface area (Å²) in [6.45, 7) is 0.405. The maximum atomic E-state index is 13.8. The number of benzene rings is 1. The third kappa shape index (κ3) is 1.85. The first-order valence-corrected chi connectivity index (χ1v) is 6.98. The number of sulfone groups is 1. The van der Waals surface area contributed by atoms with Gasteiger partial charge >= 0.3 is 0 Å². The maximum absolute atomic E-state index is 13.8. The van der Waals surface area contributed by atoms with Crippen LogP contribution < -0.4 is 5.73 Å². The van der Waals surface area contributed by atoms with E-state index in [1.165, 1.54) is 6.07 Å². The van der Waals surface area contributed by atoms with Crippen molar-refractivity contribution in [2.24, 2.45) is 5.73 Å². The Balaban J connectivity index is 2.46. The molecule has 0 spiro atoms. The van der Waals surface area contributed by atoms with Crippen molar-refractivity contribution in [3.05, 3.63) is 29.6 Å². The average Bonchev–Trinajstić information content (AvgIpc) is 2.97. The van der Waals surface area contributed by atoms with E-state index in [2.05, 4.69) is 0 Å². The summed E-state index contributed by atoms with van der Waals surface area (Å²) in [5, 5.41) is 0. The molecule has 1 aliphatic rings. The zero-order valence-electron chi connectivity index (χ0n) is 9.03. The topological polar surface area (TPSA) is 60.2 Å². The van der Waals surface area contributed by atoms with E-state index in [9.17, 15) is 12.8 Å². The second-order valence-corrected chi connectivity index (χ2v) is 6.41. The lowest BCUT2D eigenvalue weighted by atomic mass is 9.96. The Morgan fingerprint density at radius 2 is 2.06 bits per heavy atom. The number of hydrogen-bond acceptors (Lipinski definition) is 3. The fourth-order valence-electron chi connectivity index (χ4n) is 1.89. The van der Waals surface area contributed by atoms with Crippen LogP contribution in [0.25, 0.3) is 0 Å². The predicted molar refractivity (Wildman–Crippen MR) is 59.5 cm³/mol. The Morgan fingerprint density at radius 3 is 2.44 bits per heavy atom. The lowest BCUT2D eigenvalue weighted by molar-refractivity contribution is 0.565. The van der Waals surface area contributed by atoms with Gasteiger partial charge in [-0.2, -0.15) is 0 Å². The first-order valence-electron chi connectivity index (χ1n) is 5.09. The highest BCUT2D eigenvalue weighted by atomic mass is 32.2. The van der Waals surface area contributed by atoms with Crippen molar-refractivity contribution >= 4 is 9.84 Å². The third-order valence-electron chi connectivity index (χ3n) is 3.18. The number of nitrogens with two attached hydrogens (primary N) is 1. The Morgan fingerprint density at radius 1 is 1.44 bits per heavy atom. The van der Waals surface area contributed by atoms with Crippen LogP contribution in [0.1, 0.15) is 18.4 Å². The van der Waals surface area contributed by atoms with Crippen LogP contribution in [0, 0.1) is 5.82 Å². The Bertz CT molecular complexity index is 521. The van der Waals surface area contributed by atoms with Gasteiger partial charge < -0.3 is 5.73 Å². The molecule has 1 aromatic carbocycles. The minimum Gasteiger partial charge on any atom is -0.330 e. The van der Waals surface area contributed by atoms with E-state index in [-0.39, 0.29) is 10.3 Å². The molecule has 5 heteroatoms. The van der Waals surface area contributed by atoms with E-state index < -0.39 is 15.7 Å². The molecule has 1 aromatic rings. The zero-order chi connectivity index (χ0) is 12.0. The number of halogens is 1. The van der Waals surface area contributed by atoms with E-state index in [0.29, 0.717) is 12.1 Å². The van der Waals surface area contributed by atoms with E-state index in [4.69, 9.17) is 5.73 Å². The summed E-state index contributed by atoms with van der Waals surface area (Å²) >= 11 is 0. The molecular formula is C11H14FNO2S. The van der Waals surface area contributed by atoms with E-state index in [0.717, 1.165) is 25.2 Å². The van der Waals surface area contributed by atoms with E-state index in [1.807, 2.05) is 0 Å². The minimum atomic E-state index is -3.35.